The first kappa shape index (κ1) is 8.38. The topological polar surface area (TPSA) is 71.4 Å². The van der Waals surface area contributed by atoms with Crippen molar-refractivity contribution in [1.82, 2.24) is 0 Å². The van der Waals surface area contributed by atoms with Gasteiger partial charge in [0.05, 0.1) is 11.3 Å². The van der Waals surface area contributed by atoms with E-state index >= 15 is 0 Å². The van der Waals surface area contributed by atoms with Gasteiger partial charge in [-0.25, -0.2) is 0 Å². The summed E-state index contributed by atoms with van der Waals surface area (Å²) in [5, 5.41) is 11.2. The third kappa shape index (κ3) is 1.23. The third-order valence-corrected chi connectivity index (χ3v) is 1.85. The summed E-state index contributed by atoms with van der Waals surface area (Å²) in [6.07, 6.45) is 0.512. The van der Waals surface area contributed by atoms with Crippen molar-refractivity contribution >= 4 is 12.1 Å². The van der Waals surface area contributed by atoms with Gasteiger partial charge in [-0.05, 0) is 0 Å². The number of amides is 1. The van der Waals surface area contributed by atoms with E-state index < -0.39 is 0 Å². The van der Waals surface area contributed by atoms with E-state index in [0.717, 1.165) is 0 Å². The lowest BCUT2D eigenvalue weighted by Gasteiger charge is -2.03. The van der Waals surface area contributed by atoms with E-state index in [9.17, 15) is 4.79 Å². The highest BCUT2D eigenvalue weighted by atomic mass is 16.7. The molecule has 0 radical (unpaired) electrons. The van der Waals surface area contributed by atoms with E-state index in [4.69, 9.17) is 14.7 Å². The molecule has 1 amide bonds. The highest BCUT2D eigenvalue weighted by molar-refractivity contribution is 5.77. The lowest BCUT2D eigenvalue weighted by Crippen LogP contribution is -1.96. The predicted octanol–water partition coefficient (Wildman–Crippen LogP) is 0.855. The van der Waals surface area contributed by atoms with Gasteiger partial charge in [0.25, 0.3) is 0 Å². The molecule has 0 fully saturated rings. The van der Waals surface area contributed by atoms with E-state index in [1.54, 1.807) is 6.07 Å². The number of nitrogens with zero attached hydrogens (tertiary/aromatic N) is 1. The number of nitrogens with one attached hydrogen (secondary N) is 1. The van der Waals surface area contributed by atoms with Gasteiger partial charge in [0.15, 0.2) is 11.5 Å². The van der Waals surface area contributed by atoms with Crippen LogP contribution in [0, 0.1) is 11.3 Å². The van der Waals surface area contributed by atoms with Gasteiger partial charge in [-0.1, -0.05) is 0 Å². The van der Waals surface area contributed by atoms with E-state index in [-0.39, 0.29) is 6.79 Å². The van der Waals surface area contributed by atoms with Crippen molar-refractivity contribution in [2.45, 2.75) is 0 Å². The summed E-state index contributed by atoms with van der Waals surface area (Å²) in [5.74, 6) is 1.06. The largest absolute Gasteiger partial charge is 0.454 e. The molecule has 1 aromatic rings. The summed E-state index contributed by atoms with van der Waals surface area (Å²) in [5.41, 5.74) is 0.771. The summed E-state index contributed by atoms with van der Waals surface area (Å²) in [6, 6.07) is 5.05. The monoisotopic (exact) mass is 190 g/mol. The van der Waals surface area contributed by atoms with Crippen molar-refractivity contribution in [3.05, 3.63) is 17.7 Å². The predicted molar refractivity (Wildman–Crippen MR) is 47.0 cm³/mol. The summed E-state index contributed by atoms with van der Waals surface area (Å²) in [7, 11) is 0. The number of ether oxygens (including phenoxy) is 2. The SMILES string of the molecule is N#Cc1cc2c(cc1NC=O)OCO2. The van der Waals surface area contributed by atoms with Gasteiger partial charge in [-0.2, -0.15) is 5.26 Å². The molecule has 0 atom stereocenters. The van der Waals surface area contributed by atoms with Crippen molar-refractivity contribution in [3.8, 4) is 17.6 Å². The standard InChI is InChI=1S/C9H6N2O3/c10-3-6-1-8-9(14-5-13-8)2-7(6)11-4-12/h1-2,4H,5H2,(H,11,12). The first-order valence-corrected chi connectivity index (χ1v) is 3.89. The molecular formula is C9H6N2O3. The summed E-state index contributed by atoms with van der Waals surface area (Å²) < 4.78 is 10.2. The van der Waals surface area contributed by atoms with Gasteiger partial charge in [0.2, 0.25) is 13.2 Å². The summed E-state index contributed by atoms with van der Waals surface area (Å²) >= 11 is 0. The smallest absolute Gasteiger partial charge is 0.231 e. The van der Waals surface area contributed by atoms with E-state index in [1.807, 2.05) is 6.07 Å². The zero-order chi connectivity index (χ0) is 9.97. The van der Waals surface area contributed by atoms with Gasteiger partial charge in [-0.3, -0.25) is 4.79 Å². The molecule has 0 saturated heterocycles. The van der Waals surface area contributed by atoms with E-state index in [2.05, 4.69) is 5.32 Å². The molecule has 0 bridgehead atoms. The average molecular weight is 190 g/mol. The molecule has 1 aliphatic rings. The number of hydrogen-bond acceptors (Lipinski definition) is 4. The van der Waals surface area contributed by atoms with Crippen LogP contribution < -0.4 is 14.8 Å². The molecule has 70 valence electrons. The van der Waals surface area contributed by atoms with E-state index in [1.165, 1.54) is 6.07 Å². The van der Waals surface area contributed by atoms with Crippen LogP contribution in [-0.2, 0) is 4.79 Å². The Bertz CT molecular complexity index is 423. The minimum Gasteiger partial charge on any atom is -0.454 e. The number of hydrogen-bond donors (Lipinski definition) is 1. The van der Waals surface area contributed by atoms with Gasteiger partial charge in [0, 0.05) is 12.1 Å². The van der Waals surface area contributed by atoms with Crippen LogP contribution in [0.25, 0.3) is 0 Å². The fourth-order valence-electron chi connectivity index (χ4n) is 1.22. The quantitative estimate of drug-likeness (QED) is 0.702. The molecule has 2 rings (SSSR count). The molecule has 1 aromatic carbocycles. The molecule has 5 nitrogen and oxygen atoms in total. The molecule has 1 aliphatic heterocycles. The lowest BCUT2D eigenvalue weighted by molar-refractivity contribution is -0.105. The Labute approximate surface area is 79.9 Å². The maximum atomic E-state index is 10.3. The second kappa shape index (κ2) is 3.26. The van der Waals surface area contributed by atoms with Crippen LogP contribution in [0.5, 0.6) is 11.5 Å². The number of nitriles is 1. The fraction of sp³-hybridized carbons (Fsp3) is 0.111. The van der Waals surface area contributed by atoms with Crippen LogP contribution >= 0.6 is 0 Å². The number of anilines is 1. The molecule has 5 heteroatoms. The Morgan fingerprint density at radius 1 is 1.43 bits per heavy atom. The van der Waals surface area contributed by atoms with E-state index in [0.29, 0.717) is 29.2 Å². The van der Waals surface area contributed by atoms with Crippen molar-refractivity contribution < 1.29 is 14.3 Å². The molecule has 1 N–H and O–H groups in total. The van der Waals surface area contributed by atoms with Gasteiger partial charge in [-0.15, -0.1) is 0 Å². The maximum absolute atomic E-state index is 10.3. The minimum absolute atomic E-state index is 0.144. The number of carbonyl (C=O) groups excluding carboxylic acids is 1. The van der Waals surface area contributed by atoms with Gasteiger partial charge >= 0.3 is 0 Å². The number of rotatable bonds is 2. The molecule has 0 saturated carbocycles. The van der Waals surface area contributed by atoms with Crippen LogP contribution in [0.4, 0.5) is 5.69 Å². The first-order chi connectivity index (χ1) is 6.85. The first-order valence-electron chi connectivity index (χ1n) is 3.89. The summed E-state index contributed by atoms with van der Waals surface area (Å²) in [4.78, 5) is 10.3. The number of fused-ring (bicyclic) bond motifs is 1. The minimum atomic E-state index is 0.144. The molecule has 14 heavy (non-hydrogen) atoms. The molecular weight excluding hydrogens is 184 g/mol. The lowest BCUT2D eigenvalue weighted by atomic mass is 10.1. The fourth-order valence-corrected chi connectivity index (χ4v) is 1.22. The maximum Gasteiger partial charge on any atom is 0.231 e. The molecule has 0 aromatic heterocycles. The second-order valence-corrected chi connectivity index (χ2v) is 2.63. The van der Waals surface area contributed by atoms with Crippen molar-refractivity contribution in [3.63, 3.8) is 0 Å². The van der Waals surface area contributed by atoms with Crippen LogP contribution in [0.2, 0.25) is 0 Å². The van der Waals surface area contributed by atoms with Crippen LogP contribution in [0.3, 0.4) is 0 Å². The average Bonchev–Trinajstić information content (AvgIpc) is 2.64. The number of carbonyl (C=O) groups is 1. The zero-order valence-corrected chi connectivity index (χ0v) is 7.11. The third-order valence-electron chi connectivity index (χ3n) is 1.85. The van der Waals surface area contributed by atoms with Gasteiger partial charge < -0.3 is 14.8 Å². The molecule has 0 aliphatic carbocycles. The molecule has 1 heterocycles. The van der Waals surface area contributed by atoms with Crippen molar-refractivity contribution in [1.29, 1.82) is 5.26 Å². The summed E-state index contributed by atoms with van der Waals surface area (Å²) in [6.45, 7) is 0.144. The number of benzene rings is 1. The van der Waals surface area contributed by atoms with Gasteiger partial charge in [0.1, 0.15) is 6.07 Å². The highest BCUT2D eigenvalue weighted by Crippen LogP contribution is 2.36. The van der Waals surface area contributed by atoms with Crippen molar-refractivity contribution in [2.24, 2.45) is 0 Å². The Morgan fingerprint density at radius 2 is 2.14 bits per heavy atom. The normalized spacial score (nSPS) is 11.9. The Kier molecular flexibility index (Phi) is 1.95. The van der Waals surface area contributed by atoms with Crippen molar-refractivity contribution in [2.75, 3.05) is 12.1 Å². The van der Waals surface area contributed by atoms with Crippen LogP contribution in [-0.4, -0.2) is 13.2 Å². The molecule has 0 unspecified atom stereocenters. The Balaban J connectivity index is 2.49. The van der Waals surface area contributed by atoms with Crippen LogP contribution in [0.1, 0.15) is 5.56 Å². The zero-order valence-electron chi connectivity index (χ0n) is 7.11. The van der Waals surface area contributed by atoms with Crippen LogP contribution in [0.15, 0.2) is 12.1 Å². The highest BCUT2D eigenvalue weighted by Gasteiger charge is 2.16. The Hall–Kier alpha value is -2.22. The molecule has 0 spiro atoms. The Morgan fingerprint density at radius 3 is 2.79 bits per heavy atom. The second-order valence-electron chi connectivity index (χ2n) is 2.63.